The van der Waals surface area contributed by atoms with Crippen LogP contribution in [-0.2, 0) is 24.7 Å². The van der Waals surface area contributed by atoms with Crippen LogP contribution in [0, 0.1) is 11.3 Å². The van der Waals surface area contributed by atoms with Gasteiger partial charge in [-0.05, 0) is 49.1 Å². The first-order chi connectivity index (χ1) is 14.1. The topological polar surface area (TPSA) is 80.1 Å². The number of hydrogen-bond acceptors (Lipinski definition) is 6. The zero-order valence-electron chi connectivity index (χ0n) is 18.2. The summed E-state index contributed by atoms with van der Waals surface area (Å²) >= 11 is 3.16. The van der Waals surface area contributed by atoms with Gasteiger partial charge in [-0.15, -0.1) is 21.5 Å². The number of rotatable bonds is 4. The number of carbonyl (C=O) groups excluding carboxylic acids is 2. The van der Waals surface area contributed by atoms with Crippen molar-refractivity contribution in [3.05, 3.63) is 16.5 Å². The minimum atomic E-state index is -0.409. The van der Waals surface area contributed by atoms with E-state index in [0.29, 0.717) is 29.6 Å². The summed E-state index contributed by atoms with van der Waals surface area (Å²) in [6, 6.07) is 1.96. The quantitative estimate of drug-likeness (QED) is 0.723. The fraction of sp³-hybridized carbons (Fsp3) is 0.619. The molecule has 7 nitrogen and oxygen atoms in total. The predicted octanol–water partition coefficient (Wildman–Crippen LogP) is 3.73. The Hall–Kier alpha value is -1.87. The number of imide groups is 1. The van der Waals surface area contributed by atoms with Crippen molar-refractivity contribution in [2.75, 3.05) is 13.1 Å². The first-order valence-corrected chi connectivity index (χ1v) is 12.1. The summed E-state index contributed by atoms with van der Waals surface area (Å²) in [5.74, 6) is 1.34. The van der Waals surface area contributed by atoms with Crippen LogP contribution in [0.25, 0.3) is 10.7 Å². The van der Waals surface area contributed by atoms with Crippen LogP contribution in [0.5, 0.6) is 0 Å². The third-order valence-electron chi connectivity index (χ3n) is 6.12. The lowest BCUT2D eigenvalue weighted by atomic mass is 9.72. The Morgan fingerprint density at radius 2 is 2.13 bits per heavy atom. The Labute approximate surface area is 185 Å². The van der Waals surface area contributed by atoms with E-state index in [1.807, 2.05) is 29.9 Å². The molecule has 1 fully saturated rings. The van der Waals surface area contributed by atoms with Gasteiger partial charge in [0.2, 0.25) is 5.91 Å². The molecule has 0 spiro atoms. The number of thioether (sulfide) groups is 1. The fourth-order valence-corrected chi connectivity index (χ4v) is 6.22. The maximum Gasteiger partial charge on any atom is 0.324 e. The lowest BCUT2D eigenvalue weighted by Gasteiger charge is -2.33. The summed E-state index contributed by atoms with van der Waals surface area (Å²) < 4.78 is 1.96. The number of aryl methyl sites for hydroxylation is 1. The molecular formula is C21H29N5O2S2. The molecule has 30 heavy (non-hydrogen) atoms. The molecule has 0 saturated carbocycles. The van der Waals surface area contributed by atoms with Gasteiger partial charge in [-0.25, -0.2) is 4.79 Å². The summed E-state index contributed by atoms with van der Waals surface area (Å²) in [5.41, 5.74) is 1.77. The number of thiophene rings is 1. The maximum atomic E-state index is 12.6. The molecule has 162 valence electrons. The Morgan fingerprint density at radius 3 is 2.80 bits per heavy atom. The van der Waals surface area contributed by atoms with Crippen molar-refractivity contribution in [1.82, 2.24) is 25.0 Å². The molecule has 9 heteroatoms. The summed E-state index contributed by atoms with van der Waals surface area (Å²) in [5, 5.41) is 11.7. The lowest BCUT2D eigenvalue weighted by molar-refractivity contribution is -0.126. The second-order valence-corrected chi connectivity index (χ2v) is 11.7. The SMILES string of the molecule is C[C@@H](Sc1nnc(-c2cc3c(s2)CC[C@@H](C(C)(C)C)C3)n1C)C(=O)N1CCNC1=O. The van der Waals surface area contributed by atoms with Crippen LogP contribution < -0.4 is 5.32 Å². The first-order valence-electron chi connectivity index (χ1n) is 10.4. The van der Waals surface area contributed by atoms with Crippen molar-refractivity contribution in [2.45, 2.75) is 57.4 Å². The van der Waals surface area contributed by atoms with Crippen LogP contribution in [-0.4, -0.2) is 49.9 Å². The zero-order chi connectivity index (χ0) is 21.6. The van der Waals surface area contributed by atoms with Crippen LogP contribution in [0.2, 0.25) is 0 Å². The summed E-state index contributed by atoms with van der Waals surface area (Å²) in [6.45, 7) is 9.73. The highest BCUT2D eigenvalue weighted by molar-refractivity contribution is 8.00. The molecule has 3 amide bonds. The lowest BCUT2D eigenvalue weighted by Crippen LogP contribution is -2.39. The third kappa shape index (κ3) is 4.01. The average Bonchev–Trinajstić information content (AvgIpc) is 3.38. The van der Waals surface area contributed by atoms with Gasteiger partial charge in [0, 0.05) is 25.0 Å². The van der Waals surface area contributed by atoms with Gasteiger partial charge >= 0.3 is 6.03 Å². The molecule has 1 aliphatic heterocycles. The Bertz CT molecular complexity index is 975. The number of carbonyl (C=O) groups is 2. The molecule has 2 aromatic rings. The highest BCUT2D eigenvalue weighted by atomic mass is 32.2. The van der Waals surface area contributed by atoms with E-state index in [9.17, 15) is 9.59 Å². The van der Waals surface area contributed by atoms with Crippen molar-refractivity contribution >= 4 is 35.0 Å². The summed E-state index contributed by atoms with van der Waals surface area (Å²) in [4.78, 5) is 28.2. The van der Waals surface area contributed by atoms with E-state index in [4.69, 9.17) is 0 Å². The fourth-order valence-electron chi connectivity index (χ4n) is 4.12. The monoisotopic (exact) mass is 447 g/mol. The summed E-state index contributed by atoms with van der Waals surface area (Å²) in [6.07, 6.45) is 3.49. The second-order valence-electron chi connectivity index (χ2n) is 9.21. The van der Waals surface area contributed by atoms with Gasteiger partial charge in [-0.3, -0.25) is 9.69 Å². The molecule has 0 unspecified atom stereocenters. The Kier molecular flexibility index (Phi) is 5.69. The van der Waals surface area contributed by atoms with Crippen molar-refractivity contribution in [1.29, 1.82) is 0 Å². The van der Waals surface area contributed by atoms with E-state index in [2.05, 4.69) is 42.4 Å². The number of hydrogen-bond donors (Lipinski definition) is 1. The standard InChI is InChI=1S/C21H29N5O2S2/c1-12(18(27)26-9-8-22-19(26)28)29-20-24-23-17(25(20)5)16-11-13-10-14(21(2,3)4)6-7-15(13)30-16/h11-12,14H,6-10H2,1-5H3,(H,22,28)/t12-,14-/m1/s1. The van der Waals surface area contributed by atoms with E-state index in [-0.39, 0.29) is 11.9 Å². The van der Waals surface area contributed by atoms with Gasteiger partial charge in [-0.1, -0.05) is 32.5 Å². The van der Waals surface area contributed by atoms with Crippen LogP contribution in [0.4, 0.5) is 4.79 Å². The van der Waals surface area contributed by atoms with Gasteiger partial charge in [0.05, 0.1) is 10.1 Å². The molecule has 2 aromatic heterocycles. The smallest absolute Gasteiger partial charge is 0.324 e. The zero-order valence-corrected chi connectivity index (χ0v) is 19.8. The molecule has 1 saturated heterocycles. The number of urea groups is 1. The number of nitrogens with zero attached hydrogens (tertiary/aromatic N) is 4. The minimum absolute atomic E-state index is 0.195. The summed E-state index contributed by atoms with van der Waals surface area (Å²) in [7, 11) is 1.94. The highest BCUT2D eigenvalue weighted by Gasteiger charge is 2.32. The molecule has 1 N–H and O–H groups in total. The number of amides is 3. The molecule has 0 radical (unpaired) electrons. The average molecular weight is 448 g/mol. The van der Waals surface area contributed by atoms with Crippen molar-refractivity contribution in [2.24, 2.45) is 18.4 Å². The van der Waals surface area contributed by atoms with E-state index in [1.54, 1.807) is 0 Å². The van der Waals surface area contributed by atoms with Crippen LogP contribution in [0.1, 0.15) is 44.6 Å². The Balaban J connectivity index is 1.50. The minimum Gasteiger partial charge on any atom is -0.336 e. The van der Waals surface area contributed by atoms with Gasteiger partial charge < -0.3 is 9.88 Å². The number of nitrogens with one attached hydrogen (secondary N) is 1. The molecule has 2 atom stereocenters. The molecule has 3 heterocycles. The van der Waals surface area contributed by atoms with E-state index in [0.717, 1.165) is 23.5 Å². The molecule has 4 rings (SSSR count). The van der Waals surface area contributed by atoms with Crippen LogP contribution in [0.15, 0.2) is 11.2 Å². The first kappa shape index (κ1) is 21.4. The third-order valence-corrected chi connectivity index (χ3v) is 8.47. The van der Waals surface area contributed by atoms with Gasteiger partial charge in [-0.2, -0.15) is 0 Å². The van der Waals surface area contributed by atoms with E-state index >= 15 is 0 Å². The van der Waals surface area contributed by atoms with Gasteiger partial charge in [0.15, 0.2) is 11.0 Å². The molecule has 0 bridgehead atoms. The van der Waals surface area contributed by atoms with Gasteiger partial charge in [0.25, 0.3) is 0 Å². The highest BCUT2D eigenvalue weighted by Crippen LogP contribution is 2.42. The molecular weight excluding hydrogens is 418 g/mol. The normalized spacial score (nSPS) is 20.2. The number of fused-ring (bicyclic) bond motifs is 1. The van der Waals surface area contributed by atoms with E-state index < -0.39 is 5.25 Å². The predicted molar refractivity (Wildman–Crippen MR) is 120 cm³/mol. The molecule has 1 aliphatic carbocycles. The van der Waals surface area contributed by atoms with Crippen LogP contribution >= 0.6 is 23.1 Å². The van der Waals surface area contributed by atoms with Gasteiger partial charge in [0.1, 0.15) is 0 Å². The van der Waals surface area contributed by atoms with Crippen molar-refractivity contribution in [3.63, 3.8) is 0 Å². The largest absolute Gasteiger partial charge is 0.336 e. The molecule has 0 aromatic carbocycles. The second kappa shape index (κ2) is 8.00. The Morgan fingerprint density at radius 1 is 1.37 bits per heavy atom. The number of aromatic nitrogens is 3. The van der Waals surface area contributed by atoms with Crippen LogP contribution in [0.3, 0.4) is 0 Å². The van der Waals surface area contributed by atoms with Crippen molar-refractivity contribution < 1.29 is 9.59 Å². The molecule has 2 aliphatic rings. The maximum absolute atomic E-state index is 12.6. The van der Waals surface area contributed by atoms with Crippen molar-refractivity contribution in [3.8, 4) is 10.7 Å². The van der Waals surface area contributed by atoms with E-state index in [1.165, 1.54) is 33.5 Å².